The summed E-state index contributed by atoms with van der Waals surface area (Å²) >= 11 is 1.66. The zero-order chi connectivity index (χ0) is 11.1. The molecule has 0 radical (unpaired) electrons. The van der Waals surface area contributed by atoms with Crippen LogP contribution in [-0.4, -0.2) is 0 Å². The summed E-state index contributed by atoms with van der Waals surface area (Å²) in [4.78, 5) is 0. The fourth-order valence-corrected chi connectivity index (χ4v) is 4.07. The molecule has 0 bridgehead atoms. The van der Waals surface area contributed by atoms with Crippen LogP contribution in [0.15, 0.2) is 34.9 Å². The standard InChI is InChI=1S/C13H12N2S/c14-7-11-10-6-5-8-3-1-2-4-9(8)12(10)16-13(11)15/h1-4,10,12H,5-6,15H2/t10-,12+/m1/s1. The molecule has 1 aliphatic carbocycles. The third-order valence-electron chi connectivity index (χ3n) is 3.46. The van der Waals surface area contributed by atoms with E-state index >= 15 is 0 Å². The number of aryl methyl sites for hydroxylation is 1. The van der Waals surface area contributed by atoms with Crippen molar-refractivity contribution < 1.29 is 0 Å². The van der Waals surface area contributed by atoms with Crippen LogP contribution < -0.4 is 5.73 Å². The molecule has 0 saturated carbocycles. The number of nitrogens with zero attached hydrogens (tertiary/aromatic N) is 1. The van der Waals surface area contributed by atoms with Crippen molar-refractivity contribution in [3.8, 4) is 6.07 Å². The van der Waals surface area contributed by atoms with E-state index in [-0.39, 0.29) is 0 Å². The van der Waals surface area contributed by atoms with Gasteiger partial charge in [0.15, 0.2) is 0 Å². The summed E-state index contributed by atoms with van der Waals surface area (Å²) in [7, 11) is 0. The average molecular weight is 228 g/mol. The fraction of sp³-hybridized carbons (Fsp3) is 0.308. The minimum Gasteiger partial charge on any atom is -0.393 e. The predicted octanol–water partition coefficient (Wildman–Crippen LogP) is 2.73. The van der Waals surface area contributed by atoms with Crippen LogP contribution in [0.4, 0.5) is 0 Å². The molecule has 2 N–H and O–H groups in total. The lowest BCUT2D eigenvalue weighted by Gasteiger charge is -2.27. The maximum atomic E-state index is 9.12. The van der Waals surface area contributed by atoms with Crippen LogP contribution in [0, 0.1) is 17.2 Å². The number of nitrogens with two attached hydrogens (primary N) is 1. The highest BCUT2D eigenvalue weighted by molar-refractivity contribution is 8.03. The molecule has 2 nitrogen and oxygen atoms in total. The minimum absolute atomic E-state index is 0.338. The molecule has 0 amide bonds. The van der Waals surface area contributed by atoms with Gasteiger partial charge in [-0.05, 0) is 24.0 Å². The Hall–Kier alpha value is -1.40. The van der Waals surface area contributed by atoms with E-state index in [1.807, 2.05) is 0 Å². The summed E-state index contributed by atoms with van der Waals surface area (Å²) in [6, 6.07) is 10.8. The number of nitriles is 1. The third kappa shape index (κ3) is 1.27. The lowest BCUT2D eigenvalue weighted by atomic mass is 9.80. The van der Waals surface area contributed by atoms with Crippen molar-refractivity contribution in [2.45, 2.75) is 18.1 Å². The number of benzene rings is 1. The van der Waals surface area contributed by atoms with E-state index in [9.17, 15) is 0 Å². The quantitative estimate of drug-likeness (QED) is 0.742. The Morgan fingerprint density at radius 1 is 1.38 bits per heavy atom. The first-order chi connectivity index (χ1) is 7.81. The van der Waals surface area contributed by atoms with E-state index in [0.717, 1.165) is 23.4 Å². The van der Waals surface area contributed by atoms with E-state index in [0.29, 0.717) is 11.2 Å². The van der Waals surface area contributed by atoms with Crippen LogP contribution in [0.1, 0.15) is 22.8 Å². The molecule has 2 atom stereocenters. The number of thioether (sulfide) groups is 1. The number of hydrogen-bond acceptors (Lipinski definition) is 3. The monoisotopic (exact) mass is 228 g/mol. The first-order valence-corrected chi connectivity index (χ1v) is 6.33. The molecule has 0 spiro atoms. The molecular formula is C13H12N2S. The van der Waals surface area contributed by atoms with Gasteiger partial charge in [0.05, 0.1) is 16.7 Å². The molecule has 1 aliphatic heterocycles. The van der Waals surface area contributed by atoms with Gasteiger partial charge in [-0.2, -0.15) is 5.26 Å². The van der Waals surface area contributed by atoms with Gasteiger partial charge in [-0.15, -0.1) is 0 Å². The second-order valence-corrected chi connectivity index (χ2v) is 5.46. The molecule has 3 heteroatoms. The number of hydrogen-bond donors (Lipinski definition) is 1. The van der Waals surface area contributed by atoms with Crippen LogP contribution in [0.2, 0.25) is 0 Å². The third-order valence-corrected chi connectivity index (χ3v) is 4.77. The lowest BCUT2D eigenvalue weighted by Crippen LogP contribution is -2.16. The Bertz CT molecular complexity index is 513. The van der Waals surface area contributed by atoms with E-state index in [2.05, 4.69) is 30.3 Å². The number of allylic oxidation sites excluding steroid dienone is 1. The van der Waals surface area contributed by atoms with Crippen molar-refractivity contribution in [1.82, 2.24) is 0 Å². The van der Waals surface area contributed by atoms with Crippen LogP contribution >= 0.6 is 11.8 Å². The maximum Gasteiger partial charge on any atom is 0.0978 e. The molecular weight excluding hydrogens is 216 g/mol. The first kappa shape index (κ1) is 9.80. The zero-order valence-electron chi connectivity index (χ0n) is 8.81. The lowest BCUT2D eigenvalue weighted by molar-refractivity contribution is 0.534. The Balaban J connectivity index is 2.05. The van der Waals surface area contributed by atoms with E-state index in [4.69, 9.17) is 11.0 Å². The van der Waals surface area contributed by atoms with Crippen molar-refractivity contribution >= 4 is 11.8 Å². The molecule has 0 saturated heterocycles. The minimum atomic E-state index is 0.338. The van der Waals surface area contributed by atoms with Crippen LogP contribution in [0.5, 0.6) is 0 Å². The first-order valence-electron chi connectivity index (χ1n) is 5.45. The number of rotatable bonds is 0. The van der Waals surface area contributed by atoms with Crippen LogP contribution in [-0.2, 0) is 6.42 Å². The van der Waals surface area contributed by atoms with Crippen molar-refractivity contribution in [3.05, 3.63) is 46.0 Å². The summed E-state index contributed by atoms with van der Waals surface area (Å²) in [5.74, 6) is 0.338. The molecule has 3 rings (SSSR count). The molecule has 80 valence electrons. The Labute approximate surface area is 99.1 Å². The van der Waals surface area contributed by atoms with Gasteiger partial charge in [0, 0.05) is 11.2 Å². The Kier molecular flexibility index (Phi) is 2.19. The smallest absolute Gasteiger partial charge is 0.0978 e. The topological polar surface area (TPSA) is 49.8 Å². The van der Waals surface area contributed by atoms with Crippen molar-refractivity contribution in [1.29, 1.82) is 5.26 Å². The number of fused-ring (bicyclic) bond motifs is 3. The fourth-order valence-electron chi connectivity index (χ4n) is 2.68. The van der Waals surface area contributed by atoms with Gasteiger partial charge in [0.1, 0.15) is 0 Å². The summed E-state index contributed by atoms with van der Waals surface area (Å²) in [5.41, 5.74) is 9.53. The highest BCUT2D eigenvalue weighted by Gasteiger charge is 2.39. The van der Waals surface area contributed by atoms with Crippen molar-refractivity contribution in [2.24, 2.45) is 11.7 Å². The van der Waals surface area contributed by atoms with Crippen LogP contribution in [0.25, 0.3) is 0 Å². The van der Waals surface area contributed by atoms with Gasteiger partial charge in [-0.25, -0.2) is 0 Å². The SMILES string of the molecule is N#CC1=C(N)S[C@H]2c3ccccc3CC[C@H]12. The molecule has 1 heterocycles. The van der Waals surface area contributed by atoms with Crippen molar-refractivity contribution in [3.63, 3.8) is 0 Å². The molecule has 0 aromatic heterocycles. The molecule has 2 aliphatic rings. The second kappa shape index (κ2) is 3.57. The Morgan fingerprint density at radius 3 is 3.00 bits per heavy atom. The highest BCUT2D eigenvalue weighted by Crippen LogP contribution is 2.54. The van der Waals surface area contributed by atoms with Gasteiger partial charge in [0.25, 0.3) is 0 Å². The second-order valence-electron chi connectivity index (χ2n) is 4.27. The maximum absolute atomic E-state index is 9.12. The summed E-state index contributed by atoms with van der Waals surface area (Å²) < 4.78 is 0. The zero-order valence-corrected chi connectivity index (χ0v) is 9.63. The van der Waals surface area contributed by atoms with Gasteiger partial charge < -0.3 is 5.73 Å². The van der Waals surface area contributed by atoms with Crippen molar-refractivity contribution in [2.75, 3.05) is 0 Å². The normalized spacial score (nSPS) is 27.2. The van der Waals surface area contributed by atoms with Gasteiger partial charge >= 0.3 is 0 Å². The van der Waals surface area contributed by atoms with E-state index in [1.54, 1.807) is 11.8 Å². The molecule has 1 aromatic rings. The molecule has 0 unspecified atom stereocenters. The predicted molar refractivity (Wildman–Crippen MR) is 65.4 cm³/mol. The average Bonchev–Trinajstić information content (AvgIpc) is 2.65. The molecule has 1 aromatic carbocycles. The van der Waals surface area contributed by atoms with Crippen LogP contribution in [0.3, 0.4) is 0 Å². The Morgan fingerprint density at radius 2 is 2.19 bits per heavy atom. The highest BCUT2D eigenvalue weighted by atomic mass is 32.2. The van der Waals surface area contributed by atoms with Gasteiger partial charge in [-0.1, -0.05) is 36.0 Å². The largest absolute Gasteiger partial charge is 0.393 e. The van der Waals surface area contributed by atoms with E-state index in [1.165, 1.54) is 11.1 Å². The summed E-state index contributed by atoms with van der Waals surface area (Å²) in [5, 5.41) is 10.2. The summed E-state index contributed by atoms with van der Waals surface area (Å²) in [6.45, 7) is 0. The molecule has 0 fully saturated rings. The summed E-state index contributed by atoms with van der Waals surface area (Å²) in [6.07, 6.45) is 2.12. The molecule has 16 heavy (non-hydrogen) atoms. The van der Waals surface area contributed by atoms with E-state index < -0.39 is 0 Å². The van der Waals surface area contributed by atoms with Gasteiger partial charge in [-0.3, -0.25) is 0 Å². The van der Waals surface area contributed by atoms with Gasteiger partial charge in [0.2, 0.25) is 0 Å².